The van der Waals surface area contributed by atoms with Crippen LogP contribution < -0.4 is 31.1 Å². The molecule has 0 amide bonds. The van der Waals surface area contributed by atoms with E-state index in [1.54, 1.807) is 0 Å². The number of anilines is 8. The highest BCUT2D eigenvalue weighted by Crippen LogP contribution is 2.61. The SMILES string of the molecule is Cc1cc2c3c(c1)N(c1c(C)cc(C(C)(C)C)cc1C)c1ccc(-c4ccc(C(C)(C)C)cc4)cc1B3c1ccc(N3c4ccccc4C4(C)CCCCC34C)cc1N2c1ccc(C(C)(C)C)cc1. The number of hydrogen-bond acceptors (Lipinski definition) is 3. The van der Waals surface area contributed by atoms with E-state index in [0.29, 0.717) is 0 Å². The Kier molecular flexibility index (Phi) is 10.2. The van der Waals surface area contributed by atoms with Crippen molar-refractivity contribution in [3.8, 4) is 11.1 Å². The summed E-state index contributed by atoms with van der Waals surface area (Å²) in [4.78, 5) is 8.01. The van der Waals surface area contributed by atoms with Crippen molar-refractivity contribution in [2.75, 3.05) is 14.7 Å². The van der Waals surface area contributed by atoms with Crippen molar-refractivity contribution >= 4 is 68.6 Å². The van der Waals surface area contributed by atoms with E-state index in [0.717, 1.165) is 0 Å². The molecule has 3 aliphatic heterocycles. The molecule has 0 bridgehead atoms. The van der Waals surface area contributed by atoms with Gasteiger partial charge in [-0.2, -0.15) is 0 Å². The summed E-state index contributed by atoms with van der Waals surface area (Å²) in [5, 5.41) is 0. The van der Waals surface area contributed by atoms with Crippen molar-refractivity contribution in [3.63, 3.8) is 0 Å². The second-order valence-electron chi connectivity index (χ2n) is 24.8. The lowest BCUT2D eigenvalue weighted by atomic mass is 9.33. The van der Waals surface area contributed by atoms with Gasteiger partial charge in [0.2, 0.25) is 0 Å². The standard InChI is InChI=1S/C65H72BN3/c1-41-35-57-59-58(36-41)68(60-42(2)37-48(38-43(60)3)63(10,11)12)55-32-23-45(44-21-24-46(25-22-44)61(4,5)6)39-53(55)66(59)52-31-30-50(40-56(52)67(57)49-28-26-47(27-29-49)62(7,8)9)69-54-20-16-15-19-51(54)64(13)33-17-18-34-65(64,69)14/h15-16,19-32,35-40H,17-18,33-34H2,1-14H3. The van der Waals surface area contributed by atoms with Crippen LogP contribution in [0.15, 0.2) is 133 Å². The molecule has 0 spiro atoms. The highest BCUT2D eigenvalue weighted by atomic mass is 15.3. The minimum Gasteiger partial charge on any atom is -0.334 e. The molecule has 7 aromatic carbocycles. The molecule has 1 aliphatic carbocycles. The van der Waals surface area contributed by atoms with Crippen molar-refractivity contribution < 1.29 is 0 Å². The number of aryl methyl sites for hydroxylation is 3. The highest BCUT2D eigenvalue weighted by Gasteiger charge is 2.58. The molecule has 4 aliphatic rings. The lowest BCUT2D eigenvalue weighted by molar-refractivity contribution is 0.195. The zero-order valence-corrected chi connectivity index (χ0v) is 43.9. The van der Waals surface area contributed by atoms with Crippen LogP contribution >= 0.6 is 0 Å². The fourth-order valence-electron chi connectivity index (χ4n) is 13.1. The zero-order chi connectivity index (χ0) is 48.7. The maximum Gasteiger partial charge on any atom is 0.252 e. The van der Waals surface area contributed by atoms with Gasteiger partial charge in [-0.25, -0.2) is 0 Å². The Hall–Kier alpha value is -6.00. The largest absolute Gasteiger partial charge is 0.334 e. The summed E-state index contributed by atoms with van der Waals surface area (Å²) in [5.41, 5.74) is 26.3. The summed E-state index contributed by atoms with van der Waals surface area (Å²) in [7, 11) is 0. The molecule has 0 N–H and O–H groups in total. The molecule has 0 radical (unpaired) electrons. The van der Waals surface area contributed by atoms with Crippen LogP contribution in [0.4, 0.5) is 45.5 Å². The Morgan fingerprint density at radius 1 is 0.464 bits per heavy atom. The van der Waals surface area contributed by atoms with E-state index in [2.05, 4.69) is 245 Å². The van der Waals surface area contributed by atoms with Gasteiger partial charge in [-0.3, -0.25) is 0 Å². The highest BCUT2D eigenvalue weighted by molar-refractivity contribution is 7.00. The topological polar surface area (TPSA) is 9.72 Å². The molecular formula is C65H72BN3. The van der Waals surface area contributed by atoms with Gasteiger partial charge in [0.05, 0.1) is 11.2 Å². The predicted octanol–water partition coefficient (Wildman–Crippen LogP) is 16.0. The van der Waals surface area contributed by atoms with Gasteiger partial charge >= 0.3 is 0 Å². The average molecular weight is 906 g/mol. The van der Waals surface area contributed by atoms with Crippen molar-refractivity contribution in [2.24, 2.45) is 0 Å². The molecule has 69 heavy (non-hydrogen) atoms. The van der Waals surface area contributed by atoms with Crippen molar-refractivity contribution in [2.45, 2.75) is 150 Å². The van der Waals surface area contributed by atoms with E-state index >= 15 is 0 Å². The first-order valence-corrected chi connectivity index (χ1v) is 25.8. The quantitative estimate of drug-likeness (QED) is 0.163. The third kappa shape index (κ3) is 6.97. The first-order chi connectivity index (χ1) is 32.6. The Morgan fingerprint density at radius 3 is 1.67 bits per heavy atom. The lowest BCUT2D eigenvalue weighted by Crippen LogP contribution is -2.61. The van der Waals surface area contributed by atoms with Gasteiger partial charge in [-0.05, 0) is 172 Å². The van der Waals surface area contributed by atoms with E-state index < -0.39 is 0 Å². The molecule has 4 heteroatoms. The summed E-state index contributed by atoms with van der Waals surface area (Å²) in [5.74, 6) is 0. The van der Waals surface area contributed by atoms with E-state index in [4.69, 9.17) is 0 Å². The number of nitrogens with zero attached hydrogens (tertiary/aromatic N) is 3. The molecule has 2 atom stereocenters. The molecule has 0 saturated heterocycles. The molecule has 1 saturated carbocycles. The molecule has 11 rings (SSSR count). The number of rotatable bonds is 4. The summed E-state index contributed by atoms with van der Waals surface area (Å²) < 4.78 is 0. The molecular weight excluding hydrogens is 834 g/mol. The normalized spacial score (nSPS) is 19.5. The fourth-order valence-corrected chi connectivity index (χ4v) is 13.1. The molecule has 3 heterocycles. The molecule has 350 valence electrons. The number of hydrogen-bond donors (Lipinski definition) is 0. The van der Waals surface area contributed by atoms with Crippen LogP contribution in [-0.4, -0.2) is 12.3 Å². The van der Waals surface area contributed by atoms with Gasteiger partial charge in [0.15, 0.2) is 0 Å². The second-order valence-corrected chi connectivity index (χ2v) is 24.8. The van der Waals surface area contributed by atoms with Gasteiger partial charge in [-0.1, -0.05) is 167 Å². The van der Waals surface area contributed by atoms with Crippen LogP contribution in [0.2, 0.25) is 0 Å². The first kappa shape index (κ1) is 45.4. The van der Waals surface area contributed by atoms with Gasteiger partial charge in [0.25, 0.3) is 6.71 Å². The first-order valence-electron chi connectivity index (χ1n) is 25.8. The Morgan fingerprint density at radius 2 is 1.03 bits per heavy atom. The summed E-state index contributed by atoms with van der Waals surface area (Å²) >= 11 is 0. The fraction of sp³-hybridized carbons (Fsp3) is 0.354. The maximum atomic E-state index is 2.75. The summed E-state index contributed by atoms with van der Waals surface area (Å²) in [6, 6.07) is 52.8. The van der Waals surface area contributed by atoms with Crippen LogP contribution in [0.3, 0.4) is 0 Å². The molecule has 0 aromatic heterocycles. The predicted molar refractivity (Wildman–Crippen MR) is 299 cm³/mol. The van der Waals surface area contributed by atoms with E-state index in [9.17, 15) is 0 Å². The van der Waals surface area contributed by atoms with E-state index in [-0.39, 0.29) is 33.9 Å². The molecule has 3 nitrogen and oxygen atoms in total. The smallest absolute Gasteiger partial charge is 0.252 e. The summed E-state index contributed by atoms with van der Waals surface area (Å²) in [6.45, 7) is 32.9. The van der Waals surface area contributed by atoms with Crippen LogP contribution in [0.1, 0.15) is 141 Å². The van der Waals surface area contributed by atoms with Gasteiger partial charge in [0, 0.05) is 45.2 Å². The van der Waals surface area contributed by atoms with Gasteiger partial charge in [-0.15, -0.1) is 0 Å². The number of benzene rings is 7. The Labute approximate surface area is 414 Å². The second kappa shape index (κ2) is 15.5. The van der Waals surface area contributed by atoms with Crippen molar-refractivity contribution in [1.82, 2.24) is 0 Å². The zero-order valence-electron chi connectivity index (χ0n) is 43.9. The van der Waals surface area contributed by atoms with E-state index in [1.165, 1.54) is 138 Å². The van der Waals surface area contributed by atoms with Gasteiger partial charge < -0.3 is 14.7 Å². The third-order valence-electron chi connectivity index (χ3n) is 17.1. The third-order valence-corrected chi connectivity index (χ3v) is 17.1. The average Bonchev–Trinajstić information content (AvgIpc) is 3.51. The van der Waals surface area contributed by atoms with Crippen LogP contribution in [0.25, 0.3) is 11.1 Å². The minimum absolute atomic E-state index is 0.000606. The molecule has 2 unspecified atom stereocenters. The minimum atomic E-state index is -0.0493. The monoisotopic (exact) mass is 906 g/mol. The Balaban J connectivity index is 1.20. The maximum absolute atomic E-state index is 2.75. The number of para-hydroxylation sites is 1. The van der Waals surface area contributed by atoms with Gasteiger partial charge in [0.1, 0.15) is 0 Å². The van der Waals surface area contributed by atoms with Crippen LogP contribution in [-0.2, 0) is 21.7 Å². The Bertz CT molecular complexity index is 3170. The van der Waals surface area contributed by atoms with E-state index in [1.807, 2.05) is 0 Å². The lowest BCUT2D eigenvalue weighted by Gasteiger charge is -2.50. The van der Waals surface area contributed by atoms with Crippen LogP contribution in [0, 0.1) is 20.8 Å². The summed E-state index contributed by atoms with van der Waals surface area (Å²) in [6.07, 6.45) is 4.89. The van der Waals surface area contributed by atoms with Crippen LogP contribution in [0.5, 0.6) is 0 Å². The molecule has 1 fully saturated rings. The van der Waals surface area contributed by atoms with Crippen molar-refractivity contribution in [3.05, 3.63) is 172 Å². The van der Waals surface area contributed by atoms with Crippen molar-refractivity contribution in [1.29, 1.82) is 0 Å². The number of fused-ring (bicyclic) bond motifs is 7. The molecule has 7 aromatic rings.